The highest BCUT2D eigenvalue weighted by atomic mass is 19.4. The summed E-state index contributed by atoms with van der Waals surface area (Å²) in [5, 5.41) is 5.02. The highest BCUT2D eigenvalue weighted by Crippen LogP contribution is 2.41. The molecule has 2 N–H and O–H groups in total. The highest BCUT2D eigenvalue weighted by molar-refractivity contribution is 5.82. The molecule has 3 nitrogen and oxygen atoms in total. The molecule has 1 amide bonds. The number of carbonyl (C=O) groups excluding carboxylic acids is 1. The maximum absolute atomic E-state index is 11.8. The van der Waals surface area contributed by atoms with E-state index < -0.39 is 12.1 Å². The predicted molar refractivity (Wildman–Crippen MR) is 37.8 cm³/mol. The molecule has 2 fully saturated rings. The zero-order valence-corrected chi connectivity index (χ0v) is 6.69. The van der Waals surface area contributed by atoms with E-state index in [1.165, 1.54) is 0 Å². The summed E-state index contributed by atoms with van der Waals surface area (Å²) in [6.45, 7) is 1.43. The van der Waals surface area contributed by atoms with Crippen molar-refractivity contribution in [3.05, 3.63) is 0 Å². The van der Waals surface area contributed by atoms with Crippen molar-refractivity contribution in [3.8, 4) is 0 Å². The number of hydrogen-bond acceptors (Lipinski definition) is 2. The number of carbonyl (C=O) groups is 1. The van der Waals surface area contributed by atoms with Crippen molar-refractivity contribution < 1.29 is 18.0 Å². The van der Waals surface area contributed by atoms with E-state index in [9.17, 15) is 18.0 Å². The average Bonchev–Trinajstić information content (AvgIpc) is 2.47. The Morgan fingerprint density at radius 2 is 1.85 bits per heavy atom. The van der Waals surface area contributed by atoms with Gasteiger partial charge in [0.05, 0.1) is 0 Å². The first-order valence-electron chi connectivity index (χ1n) is 4.08. The first-order chi connectivity index (χ1) is 6.00. The fourth-order valence-electron chi connectivity index (χ4n) is 1.87. The topological polar surface area (TPSA) is 41.1 Å². The monoisotopic (exact) mass is 194 g/mol. The van der Waals surface area contributed by atoms with Crippen LogP contribution in [0.5, 0.6) is 0 Å². The third kappa shape index (κ3) is 1.50. The van der Waals surface area contributed by atoms with Gasteiger partial charge in [-0.25, -0.2) is 0 Å². The molecule has 74 valence electrons. The molecule has 2 rings (SSSR count). The van der Waals surface area contributed by atoms with Gasteiger partial charge in [0, 0.05) is 19.1 Å². The summed E-state index contributed by atoms with van der Waals surface area (Å²) in [5.74, 6) is -1.38. The van der Waals surface area contributed by atoms with Gasteiger partial charge in [0.1, 0.15) is 0 Å². The summed E-state index contributed by atoms with van der Waals surface area (Å²) in [6, 6.07) is -0.254. The summed E-state index contributed by atoms with van der Waals surface area (Å²) in [7, 11) is 0. The molecular formula is C7H9F3N2O. The Morgan fingerprint density at radius 1 is 1.31 bits per heavy atom. The third-order valence-electron chi connectivity index (χ3n) is 2.65. The maximum Gasteiger partial charge on any atom is 0.471 e. The van der Waals surface area contributed by atoms with Crippen LogP contribution in [-0.4, -0.2) is 31.2 Å². The molecule has 0 spiro atoms. The minimum Gasteiger partial charge on any atom is -0.345 e. The number of hydrogen-bond donors (Lipinski definition) is 2. The zero-order chi connectivity index (χ0) is 9.64. The SMILES string of the molecule is O=C(NC1C2CNCC21)C(F)(F)F. The Morgan fingerprint density at radius 3 is 2.31 bits per heavy atom. The minimum atomic E-state index is -4.75. The van der Waals surface area contributed by atoms with Gasteiger partial charge >= 0.3 is 12.1 Å². The molecule has 0 aromatic carbocycles. The van der Waals surface area contributed by atoms with E-state index in [4.69, 9.17) is 0 Å². The Labute approximate surface area is 72.7 Å². The van der Waals surface area contributed by atoms with E-state index >= 15 is 0 Å². The van der Waals surface area contributed by atoms with Crippen LogP contribution < -0.4 is 10.6 Å². The van der Waals surface area contributed by atoms with Crippen LogP contribution in [0.4, 0.5) is 13.2 Å². The molecule has 1 aliphatic heterocycles. The molecule has 1 saturated heterocycles. The molecule has 2 aliphatic rings. The molecule has 1 heterocycles. The molecule has 1 saturated carbocycles. The fraction of sp³-hybridized carbons (Fsp3) is 0.857. The number of rotatable bonds is 1. The molecule has 2 unspecified atom stereocenters. The molecule has 0 aromatic heterocycles. The van der Waals surface area contributed by atoms with Crippen molar-refractivity contribution in [2.24, 2.45) is 11.8 Å². The first-order valence-corrected chi connectivity index (χ1v) is 4.08. The number of piperidine rings is 1. The quantitative estimate of drug-likeness (QED) is 0.611. The molecular weight excluding hydrogens is 185 g/mol. The van der Waals surface area contributed by atoms with Gasteiger partial charge in [0.25, 0.3) is 0 Å². The number of nitrogens with one attached hydrogen (secondary N) is 2. The van der Waals surface area contributed by atoms with E-state index in [2.05, 4.69) is 5.32 Å². The zero-order valence-electron chi connectivity index (χ0n) is 6.69. The van der Waals surface area contributed by atoms with Crippen LogP contribution in [0.15, 0.2) is 0 Å². The lowest BCUT2D eigenvalue weighted by atomic mass is 10.4. The van der Waals surface area contributed by atoms with Crippen molar-refractivity contribution in [3.63, 3.8) is 0 Å². The second kappa shape index (κ2) is 2.60. The van der Waals surface area contributed by atoms with Crippen molar-refractivity contribution in [1.82, 2.24) is 10.6 Å². The molecule has 0 radical (unpaired) electrons. The summed E-state index contributed by atoms with van der Waals surface area (Å²) < 4.78 is 35.4. The van der Waals surface area contributed by atoms with E-state index in [1.807, 2.05) is 5.32 Å². The normalized spacial score (nSPS) is 37.0. The number of halogens is 3. The van der Waals surface area contributed by atoms with Gasteiger partial charge in [-0.15, -0.1) is 0 Å². The summed E-state index contributed by atoms with van der Waals surface area (Å²) in [5.41, 5.74) is 0. The van der Waals surface area contributed by atoms with E-state index in [0.29, 0.717) is 13.1 Å². The second-order valence-corrected chi connectivity index (χ2v) is 3.48. The lowest BCUT2D eigenvalue weighted by Gasteiger charge is -2.09. The third-order valence-corrected chi connectivity index (χ3v) is 2.65. The van der Waals surface area contributed by atoms with Crippen LogP contribution in [0, 0.1) is 11.8 Å². The van der Waals surface area contributed by atoms with Gasteiger partial charge in [-0.05, 0) is 11.8 Å². The predicted octanol–water partition coefficient (Wildman–Crippen LogP) is -0.117. The van der Waals surface area contributed by atoms with Gasteiger partial charge < -0.3 is 10.6 Å². The van der Waals surface area contributed by atoms with Crippen LogP contribution in [0.25, 0.3) is 0 Å². The smallest absolute Gasteiger partial charge is 0.345 e. The lowest BCUT2D eigenvalue weighted by Crippen LogP contribution is -2.41. The van der Waals surface area contributed by atoms with Crippen LogP contribution in [0.1, 0.15) is 0 Å². The first kappa shape index (κ1) is 8.80. The van der Waals surface area contributed by atoms with E-state index in [-0.39, 0.29) is 17.9 Å². The number of fused-ring (bicyclic) bond motifs is 1. The van der Waals surface area contributed by atoms with E-state index in [1.54, 1.807) is 0 Å². The highest BCUT2D eigenvalue weighted by Gasteiger charge is 2.55. The van der Waals surface area contributed by atoms with Gasteiger partial charge in [-0.2, -0.15) is 13.2 Å². The van der Waals surface area contributed by atoms with Gasteiger partial charge in [-0.1, -0.05) is 0 Å². The van der Waals surface area contributed by atoms with Gasteiger partial charge in [0.2, 0.25) is 0 Å². The van der Waals surface area contributed by atoms with Crippen LogP contribution in [0.3, 0.4) is 0 Å². The maximum atomic E-state index is 11.8. The molecule has 1 aliphatic carbocycles. The number of amides is 1. The number of alkyl halides is 3. The molecule has 6 heteroatoms. The summed E-state index contributed by atoms with van der Waals surface area (Å²) in [4.78, 5) is 10.5. The fourth-order valence-corrected chi connectivity index (χ4v) is 1.87. The largest absolute Gasteiger partial charge is 0.471 e. The Hall–Kier alpha value is -0.780. The van der Waals surface area contributed by atoms with E-state index in [0.717, 1.165) is 0 Å². The van der Waals surface area contributed by atoms with Crippen molar-refractivity contribution in [1.29, 1.82) is 0 Å². The summed E-state index contributed by atoms with van der Waals surface area (Å²) >= 11 is 0. The van der Waals surface area contributed by atoms with Gasteiger partial charge in [0.15, 0.2) is 0 Å². The van der Waals surface area contributed by atoms with Crippen LogP contribution in [-0.2, 0) is 4.79 Å². The molecule has 2 atom stereocenters. The van der Waals surface area contributed by atoms with Gasteiger partial charge in [-0.3, -0.25) is 4.79 Å². The second-order valence-electron chi connectivity index (χ2n) is 3.48. The average molecular weight is 194 g/mol. The Kier molecular flexibility index (Phi) is 1.76. The van der Waals surface area contributed by atoms with Crippen molar-refractivity contribution >= 4 is 5.91 Å². The lowest BCUT2D eigenvalue weighted by molar-refractivity contribution is -0.173. The van der Waals surface area contributed by atoms with Crippen LogP contribution in [0.2, 0.25) is 0 Å². The van der Waals surface area contributed by atoms with Crippen molar-refractivity contribution in [2.45, 2.75) is 12.2 Å². The van der Waals surface area contributed by atoms with Crippen molar-refractivity contribution in [2.75, 3.05) is 13.1 Å². The molecule has 0 aromatic rings. The standard InChI is InChI=1S/C7H9F3N2O/c8-7(9,10)6(13)12-5-3-1-11-2-4(3)5/h3-5,11H,1-2H2,(H,12,13). The summed E-state index contributed by atoms with van der Waals surface area (Å²) in [6.07, 6.45) is -4.75. The Balaban J connectivity index is 1.84. The Bertz CT molecular complexity index is 230. The minimum absolute atomic E-state index is 0.214. The molecule has 0 bridgehead atoms. The van der Waals surface area contributed by atoms with Crippen LogP contribution >= 0.6 is 0 Å². The molecule has 13 heavy (non-hydrogen) atoms.